The fraction of sp³-hybridized carbons (Fsp3) is 0.412. The predicted molar refractivity (Wildman–Crippen MR) is 104 cm³/mol. The summed E-state index contributed by atoms with van der Waals surface area (Å²) in [4.78, 5) is 4.23. The van der Waals surface area contributed by atoms with Crippen LogP contribution in [-0.2, 0) is 13.0 Å². The van der Waals surface area contributed by atoms with E-state index in [4.69, 9.17) is 4.52 Å². The van der Waals surface area contributed by atoms with Crippen LogP contribution in [0.5, 0.6) is 0 Å². The summed E-state index contributed by atoms with van der Waals surface area (Å²) in [6.07, 6.45) is 0.880. The van der Waals surface area contributed by atoms with Gasteiger partial charge in [0, 0.05) is 19.7 Å². The fourth-order valence-corrected chi connectivity index (χ4v) is 2.15. The molecule has 1 atom stereocenters. The molecule has 0 bridgehead atoms. The van der Waals surface area contributed by atoms with Crippen LogP contribution in [0.3, 0.4) is 0 Å². The zero-order valence-corrected chi connectivity index (χ0v) is 16.2. The Hall–Kier alpha value is -1.57. The molecule has 0 aliphatic carbocycles. The summed E-state index contributed by atoms with van der Waals surface area (Å²) in [5.41, 5.74) is 2.28. The van der Waals surface area contributed by atoms with Crippen molar-refractivity contribution in [3.8, 4) is 0 Å². The molecule has 0 radical (unpaired) electrons. The molecule has 0 fully saturated rings. The Morgan fingerprint density at radius 1 is 1.26 bits per heavy atom. The van der Waals surface area contributed by atoms with Crippen LogP contribution in [0.25, 0.3) is 0 Å². The van der Waals surface area contributed by atoms with Crippen LogP contribution in [0, 0.1) is 0 Å². The minimum absolute atomic E-state index is 0. The average Bonchev–Trinajstić information content (AvgIpc) is 3.03. The molecule has 23 heavy (non-hydrogen) atoms. The third kappa shape index (κ3) is 6.21. The lowest BCUT2D eigenvalue weighted by Gasteiger charge is -2.15. The first-order chi connectivity index (χ1) is 10.7. The van der Waals surface area contributed by atoms with E-state index in [0.29, 0.717) is 12.5 Å². The van der Waals surface area contributed by atoms with E-state index in [2.05, 4.69) is 58.9 Å². The van der Waals surface area contributed by atoms with Crippen LogP contribution in [0.2, 0.25) is 0 Å². The van der Waals surface area contributed by atoms with Gasteiger partial charge in [-0.3, -0.25) is 4.99 Å². The monoisotopic (exact) mass is 428 g/mol. The molecule has 6 heteroatoms. The topological polar surface area (TPSA) is 62.5 Å². The highest BCUT2D eigenvalue weighted by atomic mass is 127. The lowest BCUT2D eigenvalue weighted by Crippen LogP contribution is -2.38. The number of halogens is 1. The first kappa shape index (κ1) is 19.5. The minimum Gasteiger partial charge on any atom is -0.359 e. The Kier molecular flexibility index (Phi) is 8.68. The predicted octanol–water partition coefficient (Wildman–Crippen LogP) is 3.32. The molecule has 1 heterocycles. The molecular formula is C17H25IN4O. The molecule has 0 saturated heterocycles. The molecule has 126 valence electrons. The van der Waals surface area contributed by atoms with Gasteiger partial charge in [-0.25, -0.2) is 0 Å². The van der Waals surface area contributed by atoms with E-state index < -0.39 is 0 Å². The standard InChI is InChI=1S/C17H24N4O.HI/c1-4-15-10-16(22-21-15)12-20-17(18-3)19-11-13(2)14-8-6-5-7-9-14;/h5-10,13H,4,11-12H2,1-3H3,(H2,18,19,20);1H. The van der Waals surface area contributed by atoms with Crippen LogP contribution in [-0.4, -0.2) is 24.7 Å². The van der Waals surface area contributed by atoms with Crippen molar-refractivity contribution in [2.75, 3.05) is 13.6 Å². The quantitative estimate of drug-likeness (QED) is 0.421. The summed E-state index contributed by atoms with van der Waals surface area (Å²) in [5.74, 6) is 1.99. The second-order valence-electron chi connectivity index (χ2n) is 5.26. The van der Waals surface area contributed by atoms with E-state index in [1.807, 2.05) is 12.1 Å². The van der Waals surface area contributed by atoms with Crippen LogP contribution in [0.1, 0.15) is 36.8 Å². The van der Waals surface area contributed by atoms with E-state index in [-0.39, 0.29) is 24.0 Å². The number of nitrogens with one attached hydrogen (secondary N) is 2. The zero-order chi connectivity index (χ0) is 15.8. The zero-order valence-electron chi connectivity index (χ0n) is 13.9. The summed E-state index contributed by atoms with van der Waals surface area (Å²) in [5, 5.41) is 10.5. The van der Waals surface area contributed by atoms with Gasteiger partial charge in [-0.15, -0.1) is 24.0 Å². The average molecular weight is 428 g/mol. The van der Waals surface area contributed by atoms with Crippen molar-refractivity contribution in [2.24, 2.45) is 4.99 Å². The van der Waals surface area contributed by atoms with Crippen molar-refractivity contribution in [1.82, 2.24) is 15.8 Å². The van der Waals surface area contributed by atoms with Crippen molar-refractivity contribution >= 4 is 29.9 Å². The van der Waals surface area contributed by atoms with Gasteiger partial charge in [0.25, 0.3) is 0 Å². The summed E-state index contributed by atoms with van der Waals surface area (Å²) in [7, 11) is 1.76. The molecule has 0 aliphatic heterocycles. The molecule has 0 saturated carbocycles. The van der Waals surface area contributed by atoms with E-state index in [0.717, 1.165) is 30.4 Å². The molecule has 0 spiro atoms. The molecule has 2 N–H and O–H groups in total. The second-order valence-corrected chi connectivity index (χ2v) is 5.26. The molecule has 2 aromatic rings. The molecule has 1 unspecified atom stereocenters. The summed E-state index contributed by atoms with van der Waals surface area (Å²) < 4.78 is 5.25. The van der Waals surface area contributed by atoms with Crippen molar-refractivity contribution in [1.29, 1.82) is 0 Å². The highest BCUT2D eigenvalue weighted by molar-refractivity contribution is 14.0. The Morgan fingerprint density at radius 2 is 2.00 bits per heavy atom. The van der Waals surface area contributed by atoms with Crippen molar-refractivity contribution in [2.45, 2.75) is 32.7 Å². The van der Waals surface area contributed by atoms with Gasteiger partial charge in [0.1, 0.15) is 0 Å². The maximum atomic E-state index is 5.25. The van der Waals surface area contributed by atoms with Crippen LogP contribution in [0.15, 0.2) is 45.9 Å². The number of aryl methyl sites for hydroxylation is 1. The van der Waals surface area contributed by atoms with Gasteiger partial charge >= 0.3 is 0 Å². The van der Waals surface area contributed by atoms with Crippen LogP contribution >= 0.6 is 24.0 Å². The number of aliphatic imine (C=N–C) groups is 1. The smallest absolute Gasteiger partial charge is 0.191 e. The van der Waals surface area contributed by atoms with Gasteiger partial charge in [0.05, 0.1) is 12.2 Å². The number of aromatic nitrogens is 1. The summed E-state index contributed by atoms with van der Waals surface area (Å²) >= 11 is 0. The van der Waals surface area contributed by atoms with Gasteiger partial charge in [-0.2, -0.15) is 0 Å². The number of hydrogen-bond acceptors (Lipinski definition) is 3. The van der Waals surface area contributed by atoms with E-state index >= 15 is 0 Å². The van der Waals surface area contributed by atoms with Crippen molar-refractivity contribution < 1.29 is 4.52 Å². The highest BCUT2D eigenvalue weighted by Crippen LogP contribution is 2.12. The maximum Gasteiger partial charge on any atom is 0.191 e. The number of guanidine groups is 1. The Bertz CT molecular complexity index is 598. The van der Waals surface area contributed by atoms with Gasteiger partial charge in [-0.05, 0) is 17.9 Å². The number of benzene rings is 1. The second kappa shape index (κ2) is 10.3. The lowest BCUT2D eigenvalue weighted by atomic mass is 10.0. The fourth-order valence-electron chi connectivity index (χ4n) is 2.15. The minimum atomic E-state index is 0. The van der Waals surface area contributed by atoms with Gasteiger partial charge in [0.2, 0.25) is 0 Å². The lowest BCUT2D eigenvalue weighted by molar-refractivity contribution is 0.374. The molecule has 0 aliphatic rings. The third-order valence-corrected chi connectivity index (χ3v) is 3.57. The van der Waals surface area contributed by atoms with Gasteiger partial charge in [-0.1, -0.05) is 49.3 Å². The van der Waals surface area contributed by atoms with E-state index in [9.17, 15) is 0 Å². The molecule has 1 aromatic carbocycles. The summed E-state index contributed by atoms with van der Waals surface area (Å²) in [6, 6.07) is 12.4. The third-order valence-electron chi connectivity index (χ3n) is 3.57. The Labute approximate surface area is 155 Å². The summed E-state index contributed by atoms with van der Waals surface area (Å²) in [6.45, 7) is 5.65. The maximum absolute atomic E-state index is 5.25. The molecule has 0 amide bonds. The Balaban J connectivity index is 0.00000264. The van der Waals surface area contributed by atoms with E-state index in [1.54, 1.807) is 7.05 Å². The van der Waals surface area contributed by atoms with Crippen molar-refractivity contribution in [3.05, 3.63) is 53.4 Å². The number of nitrogens with zero attached hydrogens (tertiary/aromatic N) is 2. The SMILES string of the molecule is CCc1cc(CNC(=NC)NCC(C)c2ccccc2)on1.I. The molecule has 5 nitrogen and oxygen atoms in total. The van der Waals surface area contributed by atoms with Crippen LogP contribution < -0.4 is 10.6 Å². The largest absolute Gasteiger partial charge is 0.359 e. The van der Waals surface area contributed by atoms with Crippen LogP contribution in [0.4, 0.5) is 0 Å². The highest BCUT2D eigenvalue weighted by Gasteiger charge is 2.07. The van der Waals surface area contributed by atoms with Crippen molar-refractivity contribution in [3.63, 3.8) is 0 Å². The normalized spacial score (nSPS) is 12.4. The van der Waals surface area contributed by atoms with Gasteiger partial charge in [0.15, 0.2) is 11.7 Å². The molecular weight excluding hydrogens is 403 g/mol. The Morgan fingerprint density at radius 3 is 2.61 bits per heavy atom. The molecule has 1 aromatic heterocycles. The molecule has 2 rings (SSSR count). The van der Waals surface area contributed by atoms with E-state index in [1.165, 1.54) is 5.56 Å². The first-order valence-electron chi connectivity index (χ1n) is 7.66. The number of rotatable bonds is 6. The van der Waals surface area contributed by atoms with Gasteiger partial charge < -0.3 is 15.2 Å². The number of hydrogen-bond donors (Lipinski definition) is 2. The first-order valence-corrected chi connectivity index (χ1v) is 7.66.